The summed E-state index contributed by atoms with van der Waals surface area (Å²) in [5.41, 5.74) is 5.63. The average molecular weight is 196 g/mol. The number of nitrogens with two attached hydrogens (primary N) is 1. The second kappa shape index (κ2) is 4.52. The maximum atomic E-state index is 5.63. The third-order valence-electron chi connectivity index (χ3n) is 2.81. The summed E-state index contributed by atoms with van der Waals surface area (Å²) in [6.07, 6.45) is 3.82. The van der Waals surface area contributed by atoms with Crippen molar-refractivity contribution in [3.8, 4) is 0 Å². The van der Waals surface area contributed by atoms with Crippen LogP contribution in [0.5, 0.6) is 0 Å². The van der Waals surface area contributed by atoms with Crippen molar-refractivity contribution in [3.05, 3.63) is 12.2 Å². The highest BCUT2D eigenvalue weighted by molar-refractivity contribution is 4.79. The Morgan fingerprint density at radius 2 is 2.29 bits per heavy atom. The lowest BCUT2D eigenvalue weighted by Gasteiger charge is -2.30. The van der Waals surface area contributed by atoms with Crippen molar-refractivity contribution in [2.45, 2.75) is 19.4 Å². The molecular formula is C9H16N4O. The molecule has 14 heavy (non-hydrogen) atoms. The molecule has 2 N–H and O–H groups in total. The van der Waals surface area contributed by atoms with E-state index in [4.69, 9.17) is 10.3 Å². The van der Waals surface area contributed by atoms with E-state index in [1.165, 1.54) is 19.2 Å². The highest BCUT2D eigenvalue weighted by atomic mass is 16.5. The molecule has 2 heterocycles. The molecule has 0 radical (unpaired) electrons. The summed E-state index contributed by atoms with van der Waals surface area (Å²) in [6, 6.07) is 0. The molecule has 0 spiro atoms. The van der Waals surface area contributed by atoms with Crippen LogP contribution in [0.15, 0.2) is 10.9 Å². The maximum Gasteiger partial charge on any atom is 0.240 e. The summed E-state index contributed by atoms with van der Waals surface area (Å²) in [4.78, 5) is 6.34. The molecule has 0 aliphatic carbocycles. The lowest BCUT2D eigenvalue weighted by Crippen LogP contribution is -2.35. The van der Waals surface area contributed by atoms with Gasteiger partial charge in [0.05, 0.1) is 6.54 Å². The number of rotatable bonds is 3. The number of piperidine rings is 1. The van der Waals surface area contributed by atoms with Gasteiger partial charge < -0.3 is 10.3 Å². The van der Waals surface area contributed by atoms with Gasteiger partial charge in [-0.3, -0.25) is 4.90 Å². The van der Waals surface area contributed by atoms with Gasteiger partial charge in [0.15, 0.2) is 6.33 Å². The maximum absolute atomic E-state index is 5.63. The molecule has 2 rings (SSSR count). The first-order valence-corrected chi connectivity index (χ1v) is 5.06. The van der Waals surface area contributed by atoms with Crippen LogP contribution >= 0.6 is 0 Å². The molecule has 0 aromatic carbocycles. The Hall–Kier alpha value is -0.940. The first kappa shape index (κ1) is 9.61. The predicted octanol–water partition coefficient (Wildman–Crippen LogP) is 0.240. The third-order valence-corrected chi connectivity index (χ3v) is 2.81. The normalized spacial score (nSPS) is 20.1. The van der Waals surface area contributed by atoms with E-state index in [1.807, 2.05) is 0 Å². The fourth-order valence-electron chi connectivity index (χ4n) is 1.84. The zero-order valence-corrected chi connectivity index (χ0v) is 8.22. The zero-order valence-electron chi connectivity index (χ0n) is 8.22. The predicted molar refractivity (Wildman–Crippen MR) is 51.4 cm³/mol. The van der Waals surface area contributed by atoms with Gasteiger partial charge in [0.1, 0.15) is 0 Å². The van der Waals surface area contributed by atoms with Crippen molar-refractivity contribution in [1.82, 2.24) is 15.0 Å². The van der Waals surface area contributed by atoms with E-state index in [0.29, 0.717) is 11.8 Å². The first-order chi connectivity index (χ1) is 6.88. The number of nitrogens with zero attached hydrogens (tertiary/aromatic N) is 3. The summed E-state index contributed by atoms with van der Waals surface area (Å²) >= 11 is 0. The molecule has 5 nitrogen and oxygen atoms in total. The summed E-state index contributed by atoms with van der Waals surface area (Å²) in [5, 5.41) is 3.59. The molecule has 1 aliphatic heterocycles. The van der Waals surface area contributed by atoms with Gasteiger partial charge in [-0.25, -0.2) is 0 Å². The smallest absolute Gasteiger partial charge is 0.240 e. The number of hydrogen-bond donors (Lipinski definition) is 1. The fraction of sp³-hybridized carbons (Fsp3) is 0.778. The number of hydrogen-bond acceptors (Lipinski definition) is 5. The lowest BCUT2D eigenvalue weighted by molar-refractivity contribution is 0.161. The monoisotopic (exact) mass is 196 g/mol. The van der Waals surface area contributed by atoms with Gasteiger partial charge in [-0.2, -0.15) is 4.98 Å². The van der Waals surface area contributed by atoms with Crippen molar-refractivity contribution >= 4 is 0 Å². The molecule has 1 aliphatic rings. The number of likely N-dealkylation sites (tertiary alicyclic amines) is 1. The van der Waals surface area contributed by atoms with E-state index >= 15 is 0 Å². The Bertz CT molecular complexity index is 254. The molecule has 1 aromatic heterocycles. The van der Waals surface area contributed by atoms with Crippen molar-refractivity contribution < 1.29 is 4.52 Å². The molecule has 0 bridgehead atoms. The van der Waals surface area contributed by atoms with Crippen LogP contribution in [-0.2, 0) is 6.54 Å². The van der Waals surface area contributed by atoms with Gasteiger partial charge in [-0.1, -0.05) is 5.16 Å². The minimum Gasteiger partial charge on any atom is -0.338 e. The SMILES string of the molecule is NCC1CCN(Cc2ncno2)CC1. The highest BCUT2D eigenvalue weighted by Crippen LogP contribution is 2.16. The van der Waals surface area contributed by atoms with E-state index in [-0.39, 0.29) is 0 Å². The fourth-order valence-corrected chi connectivity index (χ4v) is 1.84. The van der Waals surface area contributed by atoms with E-state index < -0.39 is 0 Å². The van der Waals surface area contributed by atoms with Gasteiger partial charge in [0.2, 0.25) is 5.89 Å². The second-order valence-electron chi connectivity index (χ2n) is 3.79. The Balaban J connectivity index is 1.79. The van der Waals surface area contributed by atoms with E-state index in [2.05, 4.69) is 15.0 Å². The Morgan fingerprint density at radius 1 is 1.50 bits per heavy atom. The van der Waals surface area contributed by atoms with Gasteiger partial charge in [-0.15, -0.1) is 0 Å². The summed E-state index contributed by atoms with van der Waals surface area (Å²) in [5.74, 6) is 1.41. The molecule has 1 fully saturated rings. The van der Waals surface area contributed by atoms with Crippen LogP contribution in [0.3, 0.4) is 0 Å². The van der Waals surface area contributed by atoms with E-state index in [9.17, 15) is 0 Å². The number of aromatic nitrogens is 2. The molecule has 78 valence electrons. The Labute approximate surface area is 83.3 Å². The summed E-state index contributed by atoms with van der Waals surface area (Å²) in [7, 11) is 0. The molecular weight excluding hydrogens is 180 g/mol. The molecule has 1 saturated heterocycles. The largest absolute Gasteiger partial charge is 0.338 e. The summed E-state index contributed by atoms with van der Waals surface area (Å²) < 4.78 is 4.96. The van der Waals surface area contributed by atoms with E-state index in [0.717, 1.165) is 26.2 Å². The van der Waals surface area contributed by atoms with Crippen molar-refractivity contribution in [2.75, 3.05) is 19.6 Å². The molecule has 0 unspecified atom stereocenters. The Morgan fingerprint density at radius 3 is 2.86 bits per heavy atom. The van der Waals surface area contributed by atoms with Crippen molar-refractivity contribution in [2.24, 2.45) is 11.7 Å². The van der Waals surface area contributed by atoms with Crippen LogP contribution in [0.1, 0.15) is 18.7 Å². The second-order valence-corrected chi connectivity index (χ2v) is 3.79. The lowest BCUT2D eigenvalue weighted by atomic mass is 9.97. The van der Waals surface area contributed by atoms with Crippen LogP contribution in [0, 0.1) is 5.92 Å². The topological polar surface area (TPSA) is 68.2 Å². The third kappa shape index (κ3) is 2.30. The minimum atomic E-state index is 0.703. The van der Waals surface area contributed by atoms with Crippen LogP contribution in [0.4, 0.5) is 0 Å². The average Bonchev–Trinajstić information content (AvgIpc) is 2.72. The molecule has 0 atom stereocenters. The zero-order chi connectivity index (χ0) is 9.80. The van der Waals surface area contributed by atoms with Crippen LogP contribution in [0.2, 0.25) is 0 Å². The highest BCUT2D eigenvalue weighted by Gasteiger charge is 2.19. The first-order valence-electron chi connectivity index (χ1n) is 5.06. The minimum absolute atomic E-state index is 0.703. The quantitative estimate of drug-likeness (QED) is 0.750. The van der Waals surface area contributed by atoms with Crippen molar-refractivity contribution in [1.29, 1.82) is 0 Å². The molecule has 0 amide bonds. The Kier molecular flexibility index (Phi) is 3.10. The molecule has 1 aromatic rings. The van der Waals surface area contributed by atoms with Gasteiger partial charge >= 0.3 is 0 Å². The molecule has 0 saturated carbocycles. The summed E-state index contributed by atoms with van der Waals surface area (Å²) in [6.45, 7) is 3.76. The van der Waals surface area contributed by atoms with Gasteiger partial charge in [-0.05, 0) is 38.4 Å². The van der Waals surface area contributed by atoms with Gasteiger partial charge in [0, 0.05) is 0 Å². The molecule has 5 heteroatoms. The standard InChI is InChI=1S/C9H16N4O/c10-5-8-1-3-13(4-2-8)6-9-11-7-12-14-9/h7-8H,1-6,10H2. The van der Waals surface area contributed by atoms with Crippen LogP contribution in [-0.4, -0.2) is 34.7 Å². The van der Waals surface area contributed by atoms with Crippen LogP contribution < -0.4 is 5.73 Å². The van der Waals surface area contributed by atoms with Crippen LogP contribution in [0.25, 0.3) is 0 Å². The van der Waals surface area contributed by atoms with Gasteiger partial charge in [0.25, 0.3) is 0 Å². The van der Waals surface area contributed by atoms with Crippen molar-refractivity contribution in [3.63, 3.8) is 0 Å². The van der Waals surface area contributed by atoms with E-state index in [1.54, 1.807) is 0 Å².